The predicted octanol–water partition coefficient (Wildman–Crippen LogP) is 1.69. The molecular weight excluding hydrogens is 302 g/mol. The summed E-state index contributed by atoms with van der Waals surface area (Å²) >= 11 is 0. The van der Waals surface area contributed by atoms with Crippen LogP contribution in [0.1, 0.15) is 23.2 Å². The Bertz CT molecular complexity index is 601. The van der Waals surface area contributed by atoms with Crippen LogP contribution in [0.25, 0.3) is 0 Å². The van der Waals surface area contributed by atoms with Crippen LogP contribution in [0.15, 0.2) is 18.2 Å². The fraction of sp³-hybridized carbons (Fsp3) is 0.467. The van der Waals surface area contributed by atoms with Crippen LogP contribution >= 0.6 is 0 Å². The van der Waals surface area contributed by atoms with Gasteiger partial charge in [-0.3, -0.25) is 19.7 Å². The van der Waals surface area contributed by atoms with E-state index < -0.39 is 4.92 Å². The molecule has 0 heterocycles. The lowest BCUT2D eigenvalue weighted by atomic mass is 10.1. The standard InChI is InChI=1S/C15H21N3O5/c1-16(2)13-8-7-11(18(21)22)10-12(13)15(20)17(3)9-5-6-14(19)23-4/h7-8,10H,5-6,9H2,1-4H3. The summed E-state index contributed by atoms with van der Waals surface area (Å²) in [5.74, 6) is -0.669. The Morgan fingerprint density at radius 1 is 1.26 bits per heavy atom. The second-order valence-electron chi connectivity index (χ2n) is 5.26. The predicted molar refractivity (Wildman–Crippen MR) is 85.6 cm³/mol. The highest BCUT2D eigenvalue weighted by molar-refractivity contribution is 6.00. The Hall–Kier alpha value is -2.64. The van der Waals surface area contributed by atoms with Crippen molar-refractivity contribution in [3.05, 3.63) is 33.9 Å². The number of methoxy groups -OCH3 is 1. The van der Waals surface area contributed by atoms with E-state index >= 15 is 0 Å². The van der Waals surface area contributed by atoms with Crippen molar-refractivity contribution in [2.24, 2.45) is 0 Å². The number of carbonyl (C=O) groups is 2. The van der Waals surface area contributed by atoms with Crippen LogP contribution in [0.5, 0.6) is 0 Å². The molecule has 126 valence electrons. The Balaban J connectivity index is 2.93. The number of carbonyl (C=O) groups excluding carboxylic acids is 2. The number of anilines is 1. The van der Waals surface area contributed by atoms with Crippen LogP contribution in [0.3, 0.4) is 0 Å². The molecule has 0 aliphatic heterocycles. The van der Waals surface area contributed by atoms with Crippen LogP contribution in [-0.4, -0.2) is 56.5 Å². The van der Waals surface area contributed by atoms with Crippen molar-refractivity contribution in [1.82, 2.24) is 4.90 Å². The lowest BCUT2D eigenvalue weighted by Crippen LogP contribution is -2.29. The first-order valence-corrected chi connectivity index (χ1v) is 7.06. The number of amides is 1. The number of nitro benzene ring substituents is 1. The summed E-state index contributed by atoms with van der Waals surface area (Å²) in [6, 6.07) is 4.19. The third-order valence-electron chi connectivity index (χ3n) is 3.35. The van der Waals surface area contributed by atoms with Gasteiger partial charge < -0.3 is 14.5 Å². The molecule has 23 heavy (non-hydrogen) atoms. The number of ether oxygens (including phenoxy) is 1. The molecule has 1 aromatic rings. The molecule has 0 unspecified atom stereocenters. The highest BCUT2D eigenvalue weighted by Crippen LogP contribution is 2.25. The first-order chi connectivity index (χ1) is 10.8. The molecule has 0 radical (unpaired) electrons. The minimum absolute atomic E-state index is 0.137. The van der Waals surface area contributed by atoms with Crippen LogP contribution in [0.4, 0.5) is 11.4 Å². The number of benzene rings is 1. The maximum absolute atomic E-state index is 12.6. The molecule has 0 saturated carbocycles. The van der Waals surface area contributed by atoms with Gasteiger partial charge in [0.15, 0.2) is 0 Å². The number of nitrogens with zero attached hydrogens (tertiary/aromatic N) is 3. The van der Waals surface area contributed by atoms with E-state index in [-0.39, 0.29) is 29.5 Å². The molecular formula is C15H21N3O5. The number of rotatable bonds is 7. The van der Waals surface area contributed by atoms with E-state index in [1.165, 1.54) is 24.1 Å². The van der Waals surface area contributed by atoms with Gasteiger partial charge in [-0.2, -0.15) is 0 Å². The molecule has 8 heteroatoms. The molecule has 0 bridgehead atoms. The molecule has 1 rings (SSSR count). The van der Waals surface area contributed by atoms with Crippen molar-refractivity contribution < 1.29 is 19.2 Å². The highest BCUT2D eigenvalue weighted by atomic mass is 16.6. The van der Waals surface area contributed by atoms with Crippen molar-refractivity contribution in [2.45, 2.75) is 12.8 Å². The zero-order valence-electron chi connectivity index (χ0n) is 13.7. The normalized spacial score (nSPS) is 10.1. The molecule has 1 aromatic carbocycles. The molecule has 0 spiro atoms. The van der Waals surface area contributed by atoms with E-state index in [2.05, 4.69) is 4.74 Å². The third-order valence-corrected chi connectivity index (χ3v) is 3.35. The molecule has 0 fully saturated rings. The largest absolute Gasteiger partial charge is 0.469 e. The van der Waals surface area contributed by atoms with Gasteiger partial charge in [-0.25, -0.2) is 0 Å². The fourth-order valence-corrected chi connectivity index (χ4v) is 2.07. The average Bonchev–Trinajstić information content (AvgIpc) is 2.52. The lowest BCUT2D eigenvalue weighted by Gasteiger charge is -2.21. The zero-order chi connectivity index (χ0) is 17.6. The molecule has 0 aromatic heterocycles. The van der Waals surface area contributed by atoms with Crippen molar-refractivity contribution in [3.8, 4) is 0 Å². The van der Waals surface area contributed by atoms with E-state index in [0.29, 0.717) is 18.7 Å². The molecule has 1 amide bonds. The average molecular weight is 323 g/mol. The van der Waals surface area contributed by atoms with E-state index in [1.807, 2.05) is 0 Å². The van der Waals surface area contributed by atoms with Gasteiger partial charge in [0.2, 0.25) is 0 Å². The van der Waals surface area contributed by atoms with Crippen molar-refractivity contribution in [1.29, 1.82) is 0 Å². The van der Waals surface area contributed by atoms with E-state index in [0.717, 1.165) is 0 Å². The minimum atomic E-state index is -0.534. The smallest absolute Gasteiger partial charge is 0.305 e. The van der Waals surface area contributed by atoms with Gasteiger partial charge in [0.25, 0.3) is 11.6 Å². The maximum Gasteiger partial charge on any atom is 0.305 e. The Labute approximate surface area is 134 Å². The van der Waals surface area contributed by atoms with E-state index in [4.69, 9.17) is 0 Å². The summed E-state index contributed by atoms with van der Waals surface area (Å²) in [4.78, 5) is 37.2. The SMILES string of the molecule is COC(=O)CCCN(C)C(=O)c1cc([N+](=O)[O-])ccc1N(C)C. The number of non-ortho nitro benzene ring substituents is 1. The summed E-state index contributed by atoms with van der Waals surface area (Å²) in [6.45, 7) is 0.351. The summed E-state index contributed by atoms with van der Waals surface area (Å²) in [5.41, 5.74) is 0.715. The summed E-state index contributed by atoms with van der Waals surface area (Å²) in [6.07, 6.45) is 0.671. The first kappa shape index (κ1) is 18.4. The fourth-order valence-electron chi connectivity index (χ4n) is 2.07. The summed E-state index contributed by atoms with van der Waals surface area (Å²) < 4.78 is 4.55. The topological polar surface area (TPSA) is 93.0 Å². The Kier molecular flexibility index (Phi) is 6.49. The number of nitro groups is 1. The van der Waals surface area contributed by atoms with Crippen LogP contribution in [-0.2, 0) is 9.53 Å². The second-order valence-corrected chi connectivity index (χ2v) is 5.26. The van der Waals surface area contributed by atoms with Crippen LogP contribution in [0, 0.1) is 10.1 Å². The van der Waals surface area contributed by atoms with Gasteiger partial charge in [-0.05, 0) is 12.5 Å². The number of esters is 1. The second kappa shape index (κ2) is 8.11. The van der Waals surface area contributed by atoms with Crippen molar-refractivity contribution in [3.63, 3.8) is 0 Å². The molecule has 0 N–H and O–H groups in total. The molecule has 0 saturated heterocycles. The first-order valence-electron chi connectivity index (χ1n) is 7.06. The van der Waals surface area contributed by atoms with E-state index in [9.17, 15) is 19.7 Å². The third kappa shape index (κ3) is 4.94. The van der Waals surface area contributed by atoms with Crippen molar-refractivity contribution >= 4 is 23.3 Å². The van der Waals surface area contributed by atoms with Gasteiger partial charge in [0.1, 0.15) is 0 Å². The van der Waals surface area contributed by atoms with E-state index in [1.54, 1.807) is 32.1 Å². The summed E-state index contributed by atoms with van der Waals surface area (Å²) in [5, 5.41) is 10.9. The van der Waals surface area contributed by atoms with Gasteiger partial charge in [-0.1, -0.05) is 0 Å². The quantitative estimate of drug-likeness (QED) is 0.430. The van der Waals surface area contributed by atoms with Crippen molar-refractivity contribution in [2.75, 3.05) is 39.7 Å². The molecule has 0 aliphatic carbocycles. The van der Waals surface area contributed by atoms with Gasteiger partial charge in [-0.15, -0.1) is 0 Å². The van der Waals surface area contributed by atoms with Crippen LogP contribution in [0.2, 0.25) is 0 Å². The monoisotopic (exact) mass is 323 g/mol. The van der Waals surface area contributed by atoms with Gasteiger partial charge >= 0.3 is 5.97 Å². The molecule has 8 nitrogen and oxygen atoms in total. The van der Waals surface area contributed by atoms with Gasteiger partial charge in [0.05, 0.1) is 17.6 Å². The molecule has 0 atom stereocenters. The lowest BCUT2D eigenvalue weighted by molar-refractivity contribution is -0.384. The van der Waals surface area contributed by atoms with Crippen LogP contribution < -0.4 is 4.90 Å². The minimum Gasteiger partial charge on any atom is -0.469 e. The summed E-state index contributed by atoms with van der Waals surface area (Å²) in [7, 11) is 6.42. The Morgan fingerprint density at radius 3 is 2.43 bits per heavy atom. The maximum atomic E-state index is 12.6. The highest BCUT2D eigenvalue weighted by Gasteiger charge is 2.20. The zero-order valence-corrected chi connectivity index (χ0v) is 13.7. The molecule has 0 aliphatic rings. The Morgan fingerprint density at radius 2 is 1.91 bits per heavy atom. The number of hydrogen-bond donors (Lipinski definition) is 0. The number of hydrogen-bond acceptors (Lipinski definition) is 6. The van der Waals surface area contributed by atoms with Gasteiger partial charge in [0, 0.05) is 51.9 Å².